The lowest BCUT2D eigenvalue weighted by molar-refractivity contribution is 0.297. The van der Waals surface area contributed by atoms with Gasteiger partial charge in [-0.3, -0.25) is 0 Å². The molecule has 4 rings (SSSR count). The van der Waals surface area contributed by atoms with Crippen LogP contribution in [0.25, 0.3) is 0 Å². The molecular weight excluding hydrogens is 362 g/mol. The van der Waals surface area contributed by atoms with Gasteiger partial charge >= 0.3 is 0 Å². The van der Waals surface area contributed by atoms with E-state index in [4.69, 9.17) is 21.1 Å². The molecule has 2 aliphatic rings. The largest absolute Gasteiger partial charge is 0.490 e. The second kappa shape index (κ2) is 6.52. The first-order valence-electron chi connectivity index (χ1n) is 8.21. The van der Waals surface area contributed by atoms with Crippen LogP contribution in [0, 0.1) is 0 Å². The van der Waals surface area contributed by atoms with Crippen molar-refractivity contribution in [3.63, 3.8) is 0 Å². The average Bonchev–Trinajstić information content (AvgIpc) is 2.84. The zero-order chi connectivity index (χ0) is 17.4. The number of benzene rings is 2. The van der Waals surface area contributed by atoms with Gasteiger partial charge in [0.25, 0.3) is 0 Å². The molecule has 0 radical (unpaired) electrons. The van der Waals surface area contributed by atoms with Crippen molar-refractivity contribution >= 4 is 21.6 Å². The quantitative estimate of drug-likeness (QED) is 0.803. The monoisotopic (exact) mass is 379 g/mol. The van der Waals surface area contributed by atoms with Crippen molar-refractivity contribution in [2.45, 2.75) is 24.3 Å². The second-order valence-corrected chi connectivity index (χ2v) is 8.54. The third kappa shape index (κ3) is 3.21. The highest BCUT2D eigenvalue weighted by molar-refractivity contribution is 7.89. The lowest BCUT2D eigenvalue weighted by Gasteiger charge is -2.29. The number of fused-ring (bicyclic) bond motifs is 2. The first kappa shape index (κ1) is 16.7. The second-order valence-electron chi connectivity index (χ2n) is 6.16. The molecule has 0 N–H and O–H groups in total. The maximum Gasteiger partial charge on any atom is 0.243 e. The van der Waals surface area contributed by atoms with Crippen LogP contribution >= 0.6 is 11.6 Å². The highest BCUT2D eigenvalue weighted by atomic mass is 35.5. The van der Waals surface area contributed by atoms with Crippen molar-refractivity contribution in [2.75, 3.05) is 19.8 Å². The molecule has 2 aromatic carbocycles. The van der Waals surface area contributed by atoms with E-state index in [1.807, 2.05) is 12.1 Å². The number of nitrogens with zero attached hydrogens (tertiary/aromatic N) is 1. The van der Waals surface area contributed by atoms with Gasteiger partial charge in [-0.25, -0.2) is 8.42 Å². The molecule has 0 spiro atoms. The van der Waals surface area contributed by atoms with E-state index in [-0.39, 0.29) is 4.90 Å². The number of ether oxygens (including phenoxy) is 2. The highest BCUT2D eigenvalue weighted by Crippen LogP contribution is 2.36. The summed E-state index contributed by atoms with van der Waals surface area (Å²) in [5.74, 6) is 1.45. The molecule has 0 atom stereocenters. The SMILES string of the molecule is O=S(=O)(c1ccc(Cl)cc1)N1CCc2cc3c(cc2C1)OCCCO3. The van der Waals surface area contributed by atoms with Gasteiger partial charge in [-0.05, 0) is 53.9 Å². The molecule has 7 heteroatoms. The minimum absolute atomic E-state index is 0.259. The Morgan fingerprint density at radius 2 is 1.60 bits per heavy atom. The Bertz CT molecular complexity index is 896. The molecule has 0 saturated heterocycles. The number of sulfonamides is 1. The van der Waals surface area contributed by atoms with E-state index in [2.05, 4.69) is 0 Å². The number of rotatable bonds is 2. The summed E-state index contributed by atoms with van der Waals surface area (Å²) in [7, 11) is -3.55. The van der Waals surface area contributed by atoms with Gasteiger partial charge < -0.3 is 9.47 Å². The Labute approximate surface area is 152 Å². The van der Waals surface area contributed by atoms with Crippen LogP contribution in [0.4, 0.5) is 0 Å². The topological polar surface area (TPSA) is 55.8 Å². The first-order valence-corrected chi connectivity index (χ1v) is 10.0. The molecule has 2 aliphatic heterocycles. The van der Waals surface area contributed by atoms with Crippen LogP contribution in [0.15, 0.2) is 41.3 Å². The Hall–Kier alpha value is -1.76. The Balaban J connectivity index is 1.64. The van der Waals surface area contributed by atoms with Crippen LogP contribution in [-0.2, 0) is 23.0 Å². The van der Waals surface area contributed by atoms with E-state index in [9.17, 15) is 8.42 Å². The lowest BCUT2D eigenvalue weighted by Crippen LogP contribution is -2.36. The zero-order valence-corrected chi connectivity index (χ0v) is 15.1. The Kier molecular flexibility index (Phi) is 4.35. The summed E-state index contributed by atoms with van der Waals surface area (Å²) < 4.78 is 38.7. The molecule has 132 valence electrons. The minimum Gasteiger partial charge on any atom is -0.490 e. The van der Waals surface area contributed by atoms with Crippen molar-refractivity contribution in [3.8, 4) is 11.5 Å². The number of halogens is 1. The average molecular weight is 380 g/mol. The van der Waals surface area contributed by atoms with Crippen LogP contribution in [0.5, 0.6) is 11.5 Å². The summed E-state index contributed by atoms with van der Waals surface area (Å²) in [6.45, 7) is 2.02. The van der Waals surface area contributed by atoms with Crippen molar-refractivity contribution < 1.29 is 17.9 Å². The van der Waals surface area contributed by atoms with Crippen molar-refractivity contribution in [3.05, 3.63) is 52.5 Å². The fraction of sp³-hybridized carbons (Fsp3) is 0.333. The summed E-state index contributed by atoms with van der Waals surface area (Å²) in [5, 5.41) is 0.516. The zero-order valence-electron chi connectivity index (χ0n) is 13.6. The Morgan fingerprint density at radius 1 is 0.960 bits per heavy atom. The first-order chi connectivity index (χ1) is 12.0. The normalized spacial score (nSPS) is 17.6. The van der Waals surface area contributed by atoms with E-state index in [1.54, 1.807) is 24.3 Å². The molecule has 0 saturated carbocycles. The van der Waals surface area contributed by atoms with Gasteiger partial charge in [-0.1, -0.05) is 11.6 Å². The van der Waals surface area contributed by atoms with Crippen molar-refractivity contribution in [2.24, 2.45) is 0 Å². The number of hydrogen-bond donors (Lipinski definition) is 0. The number of hydrogen-bond acceptors (Lipinski definition) is 4. The molecule has 0 unspecified atom stereocenters. The van der Waals surface area contributed by atoms with Crippen molar-refractivity contribution in [1.82, 2.24) is 4.31 Å². The lowest BCUT2D eigenvalue weighted by atomic mass is 10.0. The fourth-order valence-corrected chi connectivity index (χ4v) is 4.69. The molecule has 5 nitrogen and oxygen atoms in total. The maximum absolute atomic E-state index is 12.9. The maximum atomic E-state index is 12.9. The third-order valence-electron chi connectivity index (χ3n) is 4.50. The molecule has 0 aliphatic carbocycles. The van der Waals surface area contributed by atoms with Crippen molar-refractivity contribution in [1.29, 1.82) is 0 Å². The minimum atomic E-state index is -3.55. The summed E-state index contributed by atoms with van der Waals surface area (Å²) in [6, 6.07) is 10.2. The van der Waals surface area contributed by atoms with Gasteiger partial charge in [0.2, 0.25) is 10.0 Å². The summed E-state index contributed by atoms with van der Waals surface area (Å²) in [6.07, 6.45) is 1.50. The molecule has 0 amide bonds. The standard InChI is InChI=1S/C18H18ClNO4S/c19-15-2-4-16(5-3-15)25(21,22)20-7-6-13-10-17-18(11-14(13)12-20)24-9-1-8-23-17/h2-5,10-11H,1,6-9,12H2. The molecular formula is C18H18ClNO4S. The van der Waals surface area contributed by atoms with Crippen LogP contribution in [0.3, 0.4) is 0 Å². The van der Waals surface area contributed by atoms with Gasteiger partial charge in [-0.15, -0.1) is 0 Å². The predicted molar refractivity (Wildman–Crippen MR) is 94.8 cm³/mol. The molecule has 2 aromatic rings. The van der Waals surface area contributed by atoms with Gasteiger partial charge in [0.15, 0.2) is 11.5 Å². The van der Waals surface area contributed by atoms with E-state index in [0.29, 0.717) is 43.5 Å². The molecule has 25 heavy (non-hydrogen) atoms. The van der Waals surface area contributed by atoms with E-state index < -0.39 is 10.0 Å². The van der Waals surface area contributed by atoms with E-state index in [1.165, 1.54) is 4.31 Å². The van der Waals surface area contributed by atoms with Gasteiger partial charge in [0.05, 0.1) is 18.1 Å². The van der Waals surface area contributed by atoms with Gasteiger partial charge in [-0.2, -0.15) is 4.31 Å². The third-order valence-corrected chi connectivity index (χ3v) is 6.61. The smallest absolute Gasteiger partial charge is 0.243 e. The molecule has 0 bridgehead atoms. The molecule has 2 heterocycles. The van der Waals surface area contributed by atoms with E-state index >= 15 is 0 Å². The van der Waals surface area contributed by atoms with Crippen LogP contribution < -0.4 is 9.47 Å². The van der Waals surface area contributed by atoms with E-state index in [0.717, 1.165) is 23.3 Å². The highest BCUT2D eigenvalue weighted by Gasteiger charge is 2.29. The fourth-order valence-electron chi connectivity index (χ4n) is 3.15. The molecule has 0 fully saturated rings. The summed E-state index contributed by atoms with van der Waals surface area (Å²) >= 11 is 5.86. The Morgan fingerprint density at radius 3 is 2.28 bits per heavy atom. The summed E-state index contributed by atoms with van der Waals surface area (Å²) in [4.78, 5) is 0.259. The molecule has 0 aromatic heterocycles. The van der Waals surface area contributed by atoms with Gasteiger partial charge in [0, 0.05) is 24.5 Å². The summed E-state index contributed by atoms with van der Waals surface area (Å²) in [5.41, 5.74) is 2.08. The van der Waals surface area contributed by atoms with Crippen LogP contribution in [0.2, 0.25) is 5.02 Å². The predicted octanol–water partition coefficient (Wildman–Crippen LogP) is 3.25. The van der Waals surface area contributed by atoms with Gasteiger partial charge in [0.1, 0.15) is 0 Å². The van der Waals surface area contributed by atoms with Crippen LogP contribution in [0.1, 0.15) is 17.5 Å². The van der Waals surface area contributed by atoms with Crippen LogP contribution in [-0.4, -0.2) is 32.5 Å².